The second kappa shape index (κ2) is 31.5. The van der Waals surface area contributed by atoms with Crippen LogP contribution in [0.15, 0.2) is 72.8 Å². The number of anilines is 5. The summed E-state index contributed by atoms with van der Waals surface area (Å²) in [4.78, 5) is 25.1. The fraction of sp³-hybridized carbons (Fsp3) is 0.469. The lowest BCUT2D eigenvalue weighted by Crippen LogP contribution is -2.25. The molecule has 0 aromatic heterocycles. The number of carbonyl (C=O) groups excluding carboxylic acids is 2. The minimum Gasteiger partial charge on any atom is -0.488 e. The summed E-state index contributed by atoms with van der Waals surface area (Å²) >= 11 is 0. The van der Waals surface area contributed by atoms with E-state index in [9.17, 15) is 9.59 Å². The Labute approximate surface area is 370 Å². The van der Waals surface area contributed by atoms with Gasteiger partial charge < -0.3 is 46.8 Å². The fourth-order valence-corrected chi connectivity index (χ4v) is 5.77. The van der Waals surface area contributed by atoms with Gasteiger partial charge in [-0.1, -0.05) is 91.2 Å². The molecule has 62 heavy (non-hydrogen) atoms. The van der Waals surface area contributed by atoms with Gasteiger partial charge in [-0.05, 0) is 75.6 Å². The van der Waals surface area contributed by atoms with Crippen molar-refractivity contribution in [2.24, 2.45) is 0 Å². The SMILES string of the molecule is C=C(C)C(=O)OCCOc1cc(N)c(OCCOC(=O)C(=C)C)cc1N.CCCCCCCCN(CCCCCCCC)c1ccc(N)c(C)c1.N#Cc1ccc(N)c(C#N)c1. The molecule has 0 aliphatic rings. The van der Waals surface area contributed by atoms with E-state index in [1.165, 1.54) is 120 Å². The van der Waals surface area contributed by atoms with E-state index in [4.69, 9.17) is 52.4 Å². The minimum absolute atomic E-state index is 0.0530. The molecule has 0 atom stereocenters. The van der Waals surface area contributed by atoms with Crippen LogP contribution in [-0.4, -0.2) is 51.5 Å². The van der Waals surface area contributed by atoms with Gasteiger partial charge in [-0.25, -0.2) is 9.59 Å². The van der Waals surface area contributed by atoms with E-state index in [1.807, 2.05) is 12.1 Å². The second-order valence-electron chi connectivity index (χ2n) is 15.0. The monoisotopic (exact) mass is 854 g/mol. The molecular formula is C49H71N7O6. The molecule has 3 aromatic carbocycles. The van der Waals surface area contributed by atoms with Crippen LogP contribution in [0, 0.1) is 29.6 Å². The van der Waals surface area contributed by atoms with E-state index in [1.54, 1.807) is 26.0 Å². The van der Waals surface area contributed by atoms with Crippen LogP contribution in [0.2, 0.25) is 0 Å². The number of ether oxygens (including phenoxy) is 4. The summed E-state index contributed by atoms with van der Waals surface area (Å²) in [7, 11) is 0. The van der Waals surface area contributed by atoms with Crippen molar-refractivity contribution < 1.29 is 28.5 Å². The van der Waals surface area contributed by atoms with Gasteiger partial charge in [0.25, 0.3) is 0 Å². The maximum absolute atomic E-state index is 11.2. The zero-order valence-electron chi connectivity index (χ0n) is 37.9. The van der Waals surface area contributed by atoms with Crippen molar-refractivity contribution in [2.75, 3.05) is 67.4 Å². The summed E-state index contributed by atoms with van der Waals surface area (Å²) in [6, 6.07) is 18.0. The van der Waals surface area contributed by atoms with Crippen LogP contribution in [0.25, 0.3) is 0 Å². The highest BCUT2D eigenvalue weighted by molar-refractivity contribution is 5.87. The van der Waals surface area contributed by atoms with Crippen molar-refractivity contribution in [3.05, 3.63) is 89.5 Å². The number of benzene rings is 3. The lowest BCUT2D eigenvalue weighted by atomic mass is 10.1. The highest BCUT2D eigenvalue weighted by atomic mass is 16.6. The largest absolute Gasteiger partial charge is 0.488 e. The maximum Gasteiger partial charge on any atom is 0.333 e. The van der Waals surface area contributed by atoms with Crippen LogP contribution in [0.3, 0.4) is 0 Å². The molecule has 0 heterocycles. The zero-order valence-corrected chi connectivity index (χ0v) is 37.9. The third kappa shape index (κ3) is 22.3. The van der Waals surface area contributed by atoms with Crippen LogP contribution < -0.4 is 37.3 Å². The van der Waals surface area contributed by atoms with Crippen molar-refractivity contribution in [1.82, 2.24) is 0 Å². The number of aryl methyl sites for hydroxylation is 1. The molecule has 0 unspecified atom stereocenters. The Kier molecular flexibility index (Phi) is 27.3. The number of carbonyl (C=O) groups is 2. The Balaban J connectivity index is 0.000000500. The lowest BCUT2D eigenvalue weighted by Gasteiger charge is -2.26. The summed E-state index contributed by atoms with van der Waals surface area (Å²) in [5.74, 6) is -0.292. The van der Waals surface area contributed by atoms with Crippen LogP contribution in [0.4, 0.5) is 28.4 Å². The summed E-state index contributed by atoms with van der Waals surface area (Å²) in [5.41, 5.74) is 29.1. The number of nitrogen functional groups attached to an aromatic ring is 4. The first kappa shape index (κ1) is 53.7. The average Bonchev–Trinajstić information content (AvgIpc) is 3.25. The number of rotatable bonds is 25. The molecule has 0 bridgehead atoms. The summed E-state index contributed by atoms with van der Waals surface area (Å²) < 4.78 is 20.7. The number of hydrogen-bond acceptors (Lipinski definition) is 13. The van der Waals surface area contributed by atoms with Gasteiger partial charge in [0, 0.05) is 53.4 Å². The predicted octanol–water partition coefficient (Wildman–Crippen LogP) is 9.96. The average molecular weight is 854 g/mol. The third-order valence-corrected chi connectivity index (χ3v) is 9.47. The number of hydrogen-bond donors (Lipinski definition) is 4. The van der Waals surface area contributed by atoms with Crippen molar-refractivity contribution >= 4 is 40.4 Å². The lowest BCUT2D eigenvalue weighted by molar-refractivity contribution is -0.140. The summed E-state index contributed by atoms with van der Waals surface area (Å²) in [6.45, 7) is 19.5. The van der Waals surface area contributed by atoms with E-state index in [-0.39, 0.29) is 26.4 Å². The Morgan fingerprint density at radius 2 is 1.05 bits per heavy atom. The van der Waals surface area contributed by atoms with Crippen molar-refractivity contribution in [3.63, 3.8) is 0 Å². The van der Waals surface area contributed by atoms with Crippen LogP contribution in [0.5, 0.6) is 11.5 Å². The third-order valence-electron chi connectivity index (χ3n) is 9.47. The van der Waals surface area contributed by atoms with E-state index < -0.39 is 11.9 Å². The molecule has 0 aliphatic carbocycles. The number of nitrogens with zero attached hydrogens (tertiary/aromatic N) is 3. The highest BCUT2D eigenvalue weighted by Crippen LogP contribution is 2.33. The molecule has 0 aliphatic heterocycles. The maximum atomic E-state index is 11.2. The molecule has 13 heteroatoms. The van der Waals surface area contributed by atoms with Crippen molar-refractivity contribution in [1.29, 1.82) is 10.5 Å². The Bertz CT molecular complexity index is 1860. The summed E-state index contributed by atoms with van der Waals surface area (Å²) in [6.07, 6.45) is 16.3. The Morgan fingerprint density at radius 3 is 1.47 bits per heavy atom. The number of esters is 2. The van der Waals surface area contributed by atoms with E-state index in [0.717, 1.165) is 5.69 Å². The zero-order chi connectivity index (χ0) is 46.3. The number of unbranched alkanes of at least 4 members (excludes halogenated alkanes) is 10. The van der Waals surface area contributed by atoms with Crippen LogP contribution in [0.1, 0.15) is 121 Å². The van der Waals surface area contributed by atoms with Crippen molar-refractivity contribution in [2.45, 2.75) is 112 Å². The normalized spacial score (nSPS) is 10.0. The van der Waals surface area contributed by atoms with Gasteiger partial charge in [0.05, 0.1) is 28.6 Å². The molecule has 0 saturated heterocycles. The molecule has 3 rings (SSSR count). The van der Waals surface area contributed by atoms with E-state index >= 15 is 0 Å². The Hall–Kier alpha value is -6.34. The molecule has 0 radical (unpaired) electrons. The predicted molar refractivity (Wildman–Crippen MR) is 253 cm³/mol. The van der Waals surface area contributed by atoms with Crippen molar-refractivity contribution in [3.8, 4) is 23.6 Å². The van der Waals surface area contributed by atoms with Gasteiger partial charge in [-0.3, -0.25) is 0 Å². The topological polar surface area (TPSA) is 226 Å². The molecule has 3 aromatic rings. The number of nitriles is 2. The first-order valence-electron chi connectivity index (χ1n) is 21.6. The van der Waals surface area contributed by atoms with Gasteiger partial charge in [-0.15, -0.1) is 0 Å². The fourth-order valence-electron chi connectivity index (χ4n) is 5.77. The number of nitrogens with two attached hydrogens (primary N) is 4. The van der Waals surface area contributed by atoms with Gasteiger partial charge in [0.15, 0.2) is 0 Å². The van der Waals surface area contributed by atoms with E-state index in [2.05, 4.69) is 57.0 Å². The molecular weight excluding hydrogens is 783 g/mol. The second-order valence-corrected chi connectivity index (χ2v) is 15.0. The van der Waals surface area contributed by atoms with E-state index in [0.29, 0.717) is 50.8 Å². The molecule has 8 N–H and O–H groups in total. The van der Waals surface area contributed by atoms with Gasteiger partial charge >= 0.3 is 11.9 Å². The molecule has 0 amide bonds. The first-order chi connectivity index (χ1) is 29.7. The van der Waals surface area contributed by atoms with Crippen LogP contribution >= 0.6 is 0 Å². The molecule has 13 nitrogen and oxygen atoms in total. The first-order valence-corrected chi connectivity index (χ1v) is 21.6. The molecule has 0 saturated carbocycles. The molecule has 0 fully saturated rings. The standard InChI is InChI=1S/C23H42N2.C18H24N2O6.C8H5N3/c1-4-6-8-10-12-14-18-25(19-15-13-11-9-7-5-2)22-16-17-23(24)21(3)20-22;1-11(2)17(21)25-7-5-23-15-9-14(20)16(10-13(15)19)24-6-8-26-18(22)12(3)4;9-4-6-1-2-8(11)7(3-6)5-10/h16-17,20H,4-15,18-19,24H2,1-3H3;9-10H,1,3,5-8,19-20H2,2,4H3;1-3H,11H2. The molecule has 0 spiro atoms. The van der Waals surface area contributed by atoms with Gasteiger partial charge in [0.2, 0.25) is 0 Å². The van der Waals surface area contributed by atoms with Crippen LogP contribution in [-0.2, 0) is 19.1 Å². The molecule has 338 valence electrons. The van der Waals surface area contributed by atoms with Gasteiger partial charge in [0.1, 0.15) is 44.0 Å². The smallest absolute Gasteiger partial charge is 0.333 e. The quantitative estimate of drug-likeness (QED) is 0.0270. The Morgan fingerprint density at radius 1 is 0.597 bits per heavy atom. The minimum atomic E-state index is -0.489. The highest BCUT2D eigenvalue weighted by Gasteiger charge is 2.11. The summed E-state index contributed by atoms with van der Waals surface area (Å²) in [5, 5.41) is 16.9. The van der Waals surface area contributed by atoms with Gasteiger partial charge in [-0.2, -0.15) is 10.5 Å².